The largest absolute Gasteiger partial charge is 0.342 e. The average molecular weight is 242 g/mol. The van der Waals surface area contributed by atoms with Gasteiger partial charge in [-0.05, 0) is 31.6 Å². The Balaban J connectivity index is 1.88. The normalized spacial score (nSPS) is 31.2. The molecule has 4 heteroatoms. The molecule has 0 aromatic heterocycles. The second-order valence-corrected chi connectivity index (χ2v) is 5.95. The Morgan fingerprint density at radius 3 is 3.12 bits per heavy atom. The summed E-state index contributed by atoms with van der Waals surface area (Å²) in [6.07, 6.45) is 4.45. The summed E-state index contributed by atoms with van der Waals surface area (Å²) in [5.74, 6) is 2.20. The number of carbonyl (C=O) groups excluding carboxylic acids is 1. The second kappa shape index (κ2) is 5.41. The van der Waals surface area contributed by atoms with Crippen molar-refractivity contribution in [3.63, 3.8) is 0 Å². The molecule has 2 heterocycles. The topological polar surface area (TPSA) is 32.3 Å². The molecule has 0 aromatic rings. The summed E-state index contributed by atoms with van der Waals surface area (Å²) >= 11 is 1.76. The van der Waals surface area contributed by atoms with Crippen molar-refractivity contribution >= 4 is 17.7 Å². The Hall–Kier alpha value is -0.220. The van der Waals surface area contributed by atoms with Gasteiger partial charge in [-0.2, -0.15) is 11.8 Å². The van der Waals surface area contributed by atoms with E-state index in [1.165, 1.54) is 6.42 Å². The average Bonchev–Trinajstić information content (AvgIpc) is 2.75. The summed E-state index contributed by atoms with van der Waals surface area (Å²) < 4.78 is 0. The number of hydrogen-bond acceptors (Lipinski definition) is 3. The summed E-state index contributed by atoms with van der Waals surface area (Å²) in [6, 6.07) is 0.680. The van der Waals surface area contributed by atoms with Gasteiger partial charge in [-0.1, -0.05) is 6.92 Å². The number of likely N-dealkylation sites (tertiary alicyclic amines) is 1. The summed E-state index contributed by atoms with van der Waals surface area (Å²) in [5.41, 5.74) is 0. The molecule has 2 aliphatic rings. The molecule has 16 heavy (non-hydrogen) atoms. The van der Waals surface area contributed by atoms with Crippen LogP contribution >= 0.6 is 11.8 Å². The first kappa shape index (κ1) is 12.2. The number of hydrogen-bond donors (Lipinski definition) is 1. The molecule has 3 nitrogen and oxygen atoms in total. The lowest BCUT2D eigenvalue weighted by Gasteiger charge is -2.36. The molecule has 0 bridgehead atoms. The fourth-order valence-corrected chi connectivity index (χ4v) is 3.52. The molecule has 0 saturated carbocycles. The van der Waals surface area contributed by atoms with Crippen molar-refractivity contribution in [2.24, 2.45) is 11.8 Å². The van der Waals surface area contributed by atoms with Gasteiger partial charge < -0.3 is 10.2 Å². The molecule has 2 saturated heterocycles. The first-order chi connectivity index (χ1) is 7.72. The maximum Gasteiger partial charge on any atom is 0.226 e. The number of fused-ring (bicyclic) bond motifs is 1. The monoisotopic (exact) mass is 242 g/mol. The van der Waals surface area contributed by atoms with Gasteiger partial charge in [-0.25, -0.2) is 0 Å². The molecular formula is C12H22N2OS. The van der Waals surface area contributed by atoms with Gasteiger partial charge in [0.25, 0.3) is 0 Å². The minimum Gasteiger partial charge on any atom is -0.342 e. The first-order valence-electron chi connectivity index (χ1n) is 6.23. The van der Waals surface area contributed by atoms with Crippen LogP contribution < -0.4 is 5.32 Å². The van der Waals surface area contributed by atoms with Gasteiger partial charge in [0.15, 0.2) is 0 Å². The maximum atomic E-state index is 12.2. The van der Waals surface area contributed by atoms with Crippen LogP contribution in [0, 0.1) is 11.8 Å². The van der Waals surface area contributed by atoms with Crippen LogP contribution in [0.4, 0.5) is 0 Å². The van der Waals surface area contributed by atoms with Crippen molar-refractivity contribution < 1.29 is 4.79 Å². The minimum absolute atomic E-state index is 0.181. The second-order valence-electron chi connectivity index (χ2n) is 5.04. The highest BCUT2D eigenvalue weighted by atomic mass is 32.2. The summed E-state index contributed by atoms with van der Waals surface area (Å²) in [7, 11) is 0. The van der Waals surface area contributed by atoms with Gasteiger partial charge in [0, 0.05) is 30.8 Å². The molecule has 0 aliphatic carbocycles. The zero-order chi connectivity index (χ0) is 11.5. The molecule has 1 amide bonds. The zero-order valence-corrected chi connectivity index (χ0v) is 11.1. The number of nitrogens with one attached hydrogen (secondary N) is 1. The fraction of sp³-hybridized carbons (Fsp3) is 0.917. The smallest absolute Gasteiger partial charge is 0.226 e. The van der Waals surface area contributed by atoms with E-state index in [4.69, 9.17) is 0 Å². The van der Waals surface area contributed by atoms with E-state index >= 15 is 0 Å². The molecule has 2 rings (SSSR count). The van der Waals surface area contributed by atoms with Crippen LogP contribution in [0.1, 0.15) is 19.8 Å². The lowest BCUT2D eigenvalue weighted by Crippen LogP contribution is -2.48. The van der Waals surface area contributed by atoms with E-state index in [1.54, 1.807) is 11.8 Å². The number of nitrogens with zero attached hydrogens (tertiary/aromatic N) is 1. The summed E-state index contributed by atoms with van der Waals surface area (Å²) in [6.45, 7) is 5.12. The number of carbonyl (C=O) groups is 1. The van der Waals surface area contributed by atoms with E-state index in [0.717, 1.165) is 31.8 Å². The summed E-state index contributed by atoms with van der Waals surface area (Å²) in [4.78, 5) is 14.3. The summed E-state index contributed by atoms with van der Waals surface area (Å²) in [5, 5.41) is 3.53. The molecule has 92 valence electrons. The SMILES string of the molecule is CSCC(C)C(=O)N1CCC2NCCC2C1. The van der Waals surface area contributed by atoms with E-state index in [0.29, 0.717) is 17.9 Å². The first-order valence-corrected chi connectivity index (χ1v) is 7.63. The van der Waals surface area contributed by atoms with E-state index in [-0.39, 0.29) is 5.92 Å². The van der Waals surface area contributed by atoms with Gasteiger partial charge in [0.05, 0.1) is 0 Å². The van der Waals surface area contributed by atoms with Crippen LogP contribution in [0.3, 0.4) is 0 Å². The predicted octanol–water partition coefficient (Wildman–Crippen LogP) is 1.20. The highest BCUT2D eigenvalue weighted by Gasteiger charge is 2.35. The Bertz CT molecular complexity index is 259. The number of amides is 1. The van der Waals surface area contributed by atoms with Gasteiger partial charge >= 0.3 is 0 Å². The highest BCUT2D eigenvalue weighted by molar-refractivity contribution is 7.98. The Morgan fingerprint density at radius 1 is 1.56 bits per heavy atom. The lowest BCUT2D eigenvalue weighted by molar-refractivity contribution is -0.136. The van der Waals surface area contributed by atoms with Crippen LogP contribution in [0.2, 0.25) is 0 Å². The van der Waals surface area contributed by atoms with E-state index in [1.807, 2.05) is 0 Å². The van der Waals surface area contributed by atoms with Crippen molar-refractivity contribution in [3.8, 4) is 0 Å². The third-order valence-electron chi connectivity index (χ3n) is 3.81. The fourth-order valence-electron chi connectivity index (χ4n) is 2.88. The standard InChI is InChI=1S/C12H22N2OS/c1-9(8-16-2)12(15)14-6-4-11-10(7-14)3-5-13-11/h9-11,13H,3-8H2,1-2H3. The molecule has 2 fully saturated rings. The molecule has 0 radical (unpaired) electrons. The third kappa shape index (κ3) is 2.54. The van der Waals surface area contributed by atoms with Crippen molar-refractivity contribution in [2.45, 2.75) is 25.8 Å². The third-order valence-corrected chi connectivity index (χ3v) is 4.64. The van der Waals surface area contributed by atoms with E-state index in [2.05, 4.69) is 23.4 Å². The van der Waals surface area contributed by atoms with Crippen molar-refractivity contribution in [1.29, 1.82) is 0 Å². The van der Waals surface area contributed by atoms with Crippen LogP contribution in [-0.2, 0) is 4.79 Å². The number of thioether (sulfide) groups is 1. The van der Waals surface area contributed by atoms with Crippen LogP contribution in [0.25, 0.3) is 0 Å². The maximum absolute atomic E-state index is 12.2. The molecule has 1 N–H and O–H groups in total. The van der Waals surface area contributed by atoms with Crippen LogP contribution in [-0.4, -0.2) is 48.5 Å². The molecule has 2 aliphatic heterocycles. The van der Waals surface area contributed by atoms with Gasteiger partial charge in [0.2, 0.25) is 5.91 Å². The van der Waals surface area contributed by atoms with Crippen molar-refractivity contribution in [1.82, 2.24) is 10.2 Å². The van der Waals surface area contributed by atoms with Gasteiger partial charge in [-0.15, -0.1) is 0 Å². The van der Waals surface area contributed by atoms with E-state index in [9.17, 15) is 4.79 Å². The molecular weight excluding hydrogens is 220 g/mol. The molecule has 3 atom stereocenters. The number of rotatable bonds is 3. The minimum atomic E-state index is 0.181. The molecule has 0 aromatic carbocycles. The Morgan fingerprint density at radius 2 is 2.38 bits per heavy atom. The molecule has 3 unspecified atom stereocenters. The predicted molar refractivity (Wildman–Crippen MR) is 68.6 cm³/mol. The quantitative estimate of drug-likeness (QED) is 0.807. The Kier molecular flexibility index (Phi) is 4.14. The lowest BCUT2D eigenvalue weighted by atomic mass is 9.92. The zero-order valence-electron chi connectivity index (χ0n) is 10.2. The Labute approximate surface area is 102 Å². The van der Waals surface area contributed by atoms with Crippen LogP contribution in [0.15, 0.2) is 0 Å². The van der Waals surface area contributed by atoms with Gasteiger partial charge in [-0.3, -0.25) is 4.79 Å². The van der Waals surface area contributed by atoms with E-state index < -0.39 is 0 Å². The molecule has 0 spiro atoms. The van der Waals surface area contributed by atoms with Crippen molar-refractivity contribution in [2.75, 3.05) is 31.6 Å². The van der Waals surface area contributed by atoms with Crippen LogP contribution in [0.5, 0.6) is 0 Å². The number of piperidine rings is 1. The van der Waals surface area contributed by atoms with Crippen molar-refractivity contribution in [3.05, 3.63) is 0 Å². The highest BCUT2D eigenvalue weighted by Crippen LogP contribution is 2.25. The van der Waals surface area contributed by atoms with Gasteiger partial charge in [0.1, 0.15) is 0 Å².